The first-order valence-corrected chi connectivity index (χ1v) is 4.67. The highest BCUT2D eigenvalue weighted by Crippen LogP contribution is 2.37. The molecule has 1 aromatic carbocycles. The Balaban J connectivity index is 3.94. The van der Waals surface area contributed by atoms with E-state index in [1.165, 1.54) is 0 Å². The van der Waals surface area contributed by atoms with E-state index in [9.17, 15) is 24.8 Å². The van der Waals surface area contributed by atoms with Gasteiger partial charge in [0, 0.05) is 11.1 Å². The van der Waals surface area contributed by atoms with Crippen LogP contribution < -0.4 is 0 Å². The summed E-state index contributed by atoms with van der Waals surface area (Å²) in [7, 11) is 0. The van der Waals surface area contributed by atoms with E-state index in [-0.39, 0.29) is 11.1 Å². The molecule has 8 nitrogen and oxygen atoms in total. The van der Waals surface area contributed by atoms with Gasteiger partial charge in [-0.15, -0.1) is 0 Å². The summed E-state index contributed by atoms with van der Waals surface area (Å²) in [5, 5.41) is 38.2. The average molecular weight is 255 g/mol. The van der Waals surface area contributed by atoms with E-state index in [0.717, 1.165) is 13.8 Å². The molecule has 0 bridgehead atoms. The number of aromatic carboxylic acids is 2. The first-order valence-electron chi connectivity index (χ1n) is 4.67. The smallest absolute Gasteiger partial charge is 0.340 e. The molecule has 96 valence electrons. The van der Waals surface area contributed by atoms with Gasteiger partial charge in [0.05, 0.1) is 4.92 Å². The summed E-state index contributed by atoms with van der Waals surface area (Å²) >= 11 is 0. The fourth-order valence-electron chi connectivity index (χ4n) is 1.80. The Labute approximate surface area is 100 Å². The molecule has 1 aromatic rings. The molecule has 0 heterocycles. The number of benzene rings is 1. The van der Waals surface area contributed by atoms with Gasteiger partial charge in [0.15, 0.2) is 0 Å². The van der Waals surface area contributed by atoms with Crippen LogP contribution in [0.2, 0.25) is 0 Å². The van der Waals surface area contributed by atoms with Gasteiger partial charge in [0.1, 0.15) is 16.9 Å². The van der Waals surface area contributed by atoms with Crippen LogP contribution in [0.4, 0.5) is 5.69 Å². The molecule has 0 saturated heterocycles. The Kier molecular flexibility index (Phi) is 3.22. The van der Waals surface area contributed by atoms with Gasteiger partial charge in [-0.3, -0.25) is 10.1 Å². The number of nitro benzene ring substituents is 1. The summed E-state index contributed by atoms with van der Waals surface area (Å²) in [6.45, 7) is 2.28. The van der Waals surface area contributed by atoms with Crippen LogP contribution in [0.5, 0.6) is 5.75 Å². The van der Waals surface area contributed by atoms with Crippen molar-refractivity contribution in [1.82, 2.24) is 0 Å². The zero-order valence-electron chi connectivity index (χ0n) is 9.42. The lowest BCUT2D eigenvalue weighted by molar-refractivity contribution is -0.386. The highest BCUT2D eigenvalue weighted by Gasteiger charge is 2.31. The maximum Gasteiger partial charge on any atom is 0.340 e. The Hall–Kier alpha value is -2.64. The van der Waals surface area contributed by atoms with Crippen LogP contribution in [0.3, 0.4) is 0 Å². The number of hydrogen-bond acceptors (Lipinski definition) is 5. The lowest BCUT2D eigenvalue weighted by Crippen LogP contribution is -2.11. The van der Waals surface area contributed by atoms with Crippen LogP contribution in [0.25, 0.3) is 0 Å². The van der Waals surface area contributed by atoms with Gasteiger partial charge in [-0.1, -0.05) is 0 Å². The van der Waals surface area contributed by atoms with Crippen molar-refractivity contribution in [3.63, 3.8) is 0 Å². The van der Waals surface area contributed by atoms with Crippen LogP contribution in [0.15, 0.2) is 0 Å². The van der Waals surface area contributed by atoms with Crippen LogP contribution in [-0.4, -0.2) is 32.2 Å². The Bertz CT molecular complexity index is 474. The first-order chi connectivity index (χ1) is 8.20. The number of phenols is 1. The maximum absolute atomic E-state index is 10.9. The Morgan fingerprint density at radius 1 is 1.06 bits per heavy atom. The predicted molar refractivity (Wildman–Crippen MR) is 58.2 cm³/mol. The topological polar surface area (TPSA) is 138 Å². The zero-order valence-corrected chi connectivity index (χ0v) is 9.42. The standard InChI is InChI=1S/C10H9NO7/c1-3-5(9(13)14)8(12)6(10(15)16)4(2)7(3)11(17)18/h12H,1-2H3,(H,13,14)(H,15,16). The van der Waals surface area contributed by atoms with E-state index in [1.54, 1.807) is 0 Å². The van der Waals surface area contributed by atoms with Crippen molar-refractivity contribution in [2.75, 3.05) is 0 Å². The number of carbonyl (C=O) groups is 2. The number of carboxylic acids is 2. The average Bonchev–Trinajstić information content (AvgIpc) is 2.14. The van der Waals surface area contributed by atoms with Crippen LogP contribution >= 0.6 is 0 Å². The molecule has 3 N–H and O–H groups in total. The minimum absolute atomic E-state index is 0.285. The lowest BCUT2D eigenvalue weighted by atomic mass is 9.95. The van der Waals surface area contributed by atoms with Gasteiger partial charge in [0.25, 0.3) is 5.69 Å². The molecular formula is C10H9NO7. The third-order valence-corrected chi connectivity index (χ3v) is 2.54. The van der Waals surface area contributed by atoms with Crippen LogP contribution in [-0.2, 0) is 0 Å². The fourth-order valence-corrected chi connectivity index (χ4v) is 1.80. The molecule has 0 spiro atoms. The van der Waals surface area contributed by atoms with E-state index >= 15 is 0 Å². The molecule has 0 atom stereocenters. The second-order valence-electron chi connectivity index (χ2n) is 3.56. The van der Waals surface area contributed by atoms with Crippen LogP contribution in [0, 0.1) is 24.0 Å². The lowest BCUT2D eigenvalue weighted by Gasteiger charge is -2.11. The third kappa shape index (κ3) is 1.83. The molecule has 0 aliphatic heterocycles. The zero-order chi connectivity index (χ0) is 14.2. The molecule has 0 aliphatic rings. The summed E-state index contributed by atoms with van der Waals surface area (Å²) in [4.78, 5) is 31.8. The number of rotatable bonds is 3. The van der Waals surface area contributed by atoms with E-state index in [1.807, 2.05) is 0 Å². The van der Waals surface area contributed by atoms with Gasteiger partial charge in [-0.25, -0.2) is 9.59 Å². The largest absolute Gasteiger partial charge is 0.506 e. The molecule has 0 aliphatic carbocycles. The molecule has 18 heavy (non-hydrogen) atoms. The van der Waals surface area contributed by atoms with Crippen molar-refractivity contribution in [2.45, 2.75) is 13.8 Å². The Morgan fingerprint density at radius 2 is 1.39 bits per heavy atom. The summed E-state index contributed by atoms with van der Waals surface area (Å²) in [5.41, 5.74) is -2.74. The molecule has 1 rings (SSSR count). The molecule has 0 aromatic heterocycles. The summed E-state index contributed by atoms with van der Waals surface area (Å²) in [5.74, 6) is -4.23. The second-order valence-corrected chi connectivity index (χ2v) is 3.56. The summed E-state index contributed by atoms with van der Waals surface area (Å²) in [6.07, 6.45) is 0. The molecule has 0 saturated carbocycles. The number of hydrogen-bond donors (Lipinski definition) is 3. The van der Waals surface area contributed by atoms with Crippen molar-refractivity contribution in [3.05, 3.63) is 32.4 Å². The molecule has 0 radical (unpaired) electrons. The number of nitrogens with zero attached hydrogens (tertiary/aromatic N) is 1. The van der Waals surface area contributed by atoms with Gasteiger partial charge in [-0.2, -0.15) is 0 Å². The van der Waals surface area contributed by atoms with E-state index in [4.69, 9.17) is 10.2 Å². The van der Waals surface area contributed by atoms with Gasteiger partial charge in [0.2, 0.25) is 0 Å². The summed E-state index contributed by atoms with van der Waals surface area (Å²) < 4.78 is 0. The van der Waals surface area contributed by atoms with Crippen molar-refractivity contribution >= 4 is 17.6 Å². The number of aromatic hydroxyl groups is 1. The molecule has 0 unspecified atom stereocenters. The van der Waals surface area contributed by atoms with E-state index < -0.39 is 39.4 Å². The minimum atomic E-state index is -1.63. The monoisotopic (exact) mass is 255 g/mol. The minimum Gasteiger partial charge on any atom is -0.506 e. The SMILES string of the molecule is Cc1c(C(=O)O)c(O)c(C(=O)O)c(C)c1[N+](=O)[O-]. The molecular weight excluding hydrogens is 246 g/mol. The molecule has 8 heteroatoms. The quantitative estimate of drug-likeness (QED) is 0.546. The third-order valence-electron chi connectivity index (χ3n) is 2.54. The van der Waals surface area contributed by atoms with Crippen molar-refractivity contribution < 1.29 is 29.8 Å². The highest BCUT2D eigenvalue weighted by atomic mass is 16.6. The van der Waals surface area contributed by atoms with E-state index in [0.29, 0.717) is 0 Å². The maximum atomic E-state index is 10.9. The van der Waals surface area contributed by atoms with E-state index in [2.05, 4.69) is 0 Å². The highest BCUT2D eigenvalue weighted by molar-refractivity contribution is 6.02. The normalized spacial score (nSPS) is 10.1. The number of carboxylic acid groups (broad SMARTS) is 2. The fraction of sp³-hybridized carbons (Fsp3) is 0.200. The summed E-state index contributed by atoms with van der Waals surface area (Å²) in [6, 6.07) is 0. The number of nitro groups is 1. The van der Waals surface area contributed by atoms with Gasteiger partial charge in [-0.05, 0) is 13.8 Å². The molecule has 0 fully saturated rings. The van der Waals surface area contributed by atoms with Crippen LogP contribution in [0.1, 0.15) is 31.8 Å². The first kappa shape index (κ1) is 13.4. The predicted octanol–water partition coefficient (Wildman–Crippen LogP) is 1.31. The van der Waals surface area contributed by atoms with Gasteiger partial charge < -0.3 is 15.3 Å². The second kappa shape index (κ2) is 4.32. The van der Waals surface area contributed by atoms with Gasteiger partial charge >= 0.3 is 11.9 Å². The molecule has 0 amide bonds. The Morgan fingerprint density at radius 3 is 1.61 bits per heavy atom. The van der Waals surface area contributed by atoms with Crippen molar-refractivity contribution in [2.24, 2.45) is 0 Å². The van der Waals surface area contributed by atoms with Crippen molar-refractivity contribution in [3.8, 4) is 5.75 Å². The van der Waals surface area contributed by atoms with Crippen molar-refractivity contribution in [1.29, 1.82) is 0 Å².